The van der Waals surface area contributed by atoms with Gasteiger partial charge in [-0.05, 0) is 17.4 Å². The number of aliphatic hydroxyl groups is 3. The van der Waals surface area contributed by atoms with Crippen molar-refractivity contribution in [2.24, 2.45) is 0 Å². The van der Waals surface area contributed by atoms with E-state index in [1.807, 2.05) is 30.3 Å². The molecule has 5 atom stereocenters. The van der Waals surface area contributed by atoms with E-state index < -0.39 is 36.7 Å². The van der Waals surface area contributed by atoms with Crippen LogP contribution in [0.3, 0.4) is 0 Å². The van der Waals surface area contributed by atoms with Gasteiger partial charge in [-0.25, -0.2) is 4.79 Å². The van der Waals surface area contributed by atoms with E-state index in [4.69, 9.17) is 9.47 Å². The summed E-state index contributed by atoms with van der Waals surface area (Å²) < 4.78 is 15.9. The number of nitrogens with one attached hydrogen (secondary N) is 1. The highest BCUT2D eigenvalue weighted by Crippen LogP contribution is 2.38. The maximum atomic E-state index is 11.8. The average molecular weight is 375 g/mol. The number of aliphatic hydroxyl groups excluding tert-OH is 3. The monoisotopic (exact) mass is 375 g/mol. The molecule has 1 saturated heterocycles. The molecule has 2 aromatic carbocycles. The van der Waals surface area contributed by atoms with Crippen LogP contribution >= 0.6 is 0 Å². The molecule has 0 unspecified atom stereocenters. The number of esters is 1. The third-order valence-corrected chi connectivity index (χ3v) is 5.05. The number of methoxy groups -OCH3 is 1. The normalized spacial score (nSPS) is 29.9. The molecule has 0 aromatic heterocycles. The van der Waals surface area contributed by atoms with Crippen molar-refractivity contribution in [1.29, 1.82) is 0 Å². The molecular weight excluding hydrogens is 354 g/mol. The second kappa shape index (κ2) is 6.97. The second-order valence-electron chi connectivity index (χ2n) is 6.66. The van der Waals surface area contributed by atoms with Crippen LogP contribution in [0.4, 0.5) is 5.69 Å². The van der Waals surface area contributed by atoms with Crippen molar-refractivity contribution in [2.45, 2.75) is 37.1 Å². The molecule has 1 fully saturated rings. The number of fused-ring (bicyclic) bond motifs is 3. The highest BCUT2D eigenvalue weighted by atomic mass is 16.7. The average Bonchev–Trinajstić information content (AvgIpc) is 3.16. The number of anilines is 1. The van der Waals surface area contributed by atoms with Gasteiger partial charge < -0.3 is 34.8 Å². The van der Waals surface area contributed by atoms with Gasteiger partial charge in [0.1, 0.15) is 24.1 Å². The number of benzene rings is 2. The zero-order valence-electron chi connectivity index (χ0n) is 14.7. The zero-order valence-corrected chi connectivity index (χ0v) is 14.7. The molecule has 27 heavy (non-hydrogen) atoms. The number of carbonyl (C=O) groups is 1. The van der Waals surface area contributed by atoms with E-state index in [9.17, 15) is 20.1 Å². The maximum absolute atomic E-state index is 11.8. The van der Waals surface area contributed by atoms with Crippen LogP contribution in [0.1, 0.15) is 5.56 Å². The fourth-order valence-electron chi connectivity index (χ4n) is 3.63. The molecule has 2 aliphatic heterocycles. The van der Waals surface area contributed by atoms with Gasteiger partial charge >= 0.3 is 5.97 Å². The lowest BCUT2D eigenvalue weighted by Crippen LogP contribution is -2.61. The van der Waals surface area contributed by atoms with Gasteiger partial charge in [0.15, 0.2) is 6.10 Å². The van der Waals surface area contributed by atoms with Gasteiger partial charge in [0.25, 0.3) is 0 Å². The number of ether oxygens (including phenoxy) is 3. The molecule has 2 heterocycles. The van der Waals surface area contributed by atoms with E-state index in [0.29, 0.717) is 5.75 Å². The smallest absolute Gasteiger partial charge is 0.337 e. The van der Waals surface area contributed by atoms with E-state index in [1.54, 1.807) is 0 Å². The molecule has 2 aliphatic rings. The van der Waals surface area contributed by atoms with Crippen LogP contribution in [-0.4, -0.2) is 65.6 Å². The fourth-order valence-corrected chi connectivity index (χ4v) is 3.63. The first kappa shape index (κ1) is 18.0. The Balaban J connectivity index is 1.69. The van der Waals surface area contributed by atoms with Crippen LogP contribution in [0, 0.1) is 0 Å². The Labute approximate surface area is 155 Å². The van der Waals surface area contributed by atoms with E-state index in [-0.39, 0.29) is 0 Å². The van der Waals surface area contributed by atoms with Crippen molar-refractivity contribution in [1.82, 2.24) is 0 Å². The minimum absolute atomic E-state index is 0.440. The first-order valence-electron chi connectivity index (χ1n) is 8.74. The Morgan fingerprint density at radius 1 is 1.15 bits per heavy atom. The number of carbonyl (C=O) groups excluding carboxylic acids is 1. The van der Waals surface area contributed by atoms with Gasteiger partial charge in [-0.1, -0.05) is 24.3 Å². The maximum Gasteiger partial charge on any atom is 0.337 e. The first-order chi connectivity index (χ1) is 13.0. The summed E-state index contributed by atoms with van der Waals surface area (Å²) in [5.74, 6) is -0.419. The quantitative estimate of drug-likeness (QED) is 0.561. The first-order valence-corrected chi connectivity index (χ1v) is 8.74. The minimum Gasteiger partial charge on any atom is -0.467 e. The lowest BCUT2D eigenvalue weighted by atomic mass is 9.98. The molecule has 8 heteroatoms. The highest BCUT2D eigenvalue weighted by Gasteiger charge is 2.48. The number of hydrogen-bond donors (Lipinski definition) is 4. The van der Waals surface area contributed by atoms with Crippen LogP contribution in [0.2, 0.25) is 0 Å². The van der Waals surface area contributed by atoms with Gasteiger partial charge in [-0.2, -0.15) is 0 Å². The summed E-state index contributed by atoms with van der Waals surface area (Å²) in [6.07, 6.45) is -6.69. The van der Waals surface area contributed by atoms with E-state index in [2.05, 4.69) is 10.1 Å². The van der Waals surface area contributed by atoms with Gasteiger partial charge in [0, 0.05) is 23.7 Å². The Bertz CT molecular complexity index is 871. The molecule has 0 aliphatic carbocycles. The summed E-state index contributed by atoms with van der Waals surface area (Å²) in [5, 5.41) is 35.5. The molecule has 0 radical (unpaired) electrons. The number of rotatable bonds is 3. The van der Waals surface area contributed by atoms with Crippen molar-refractivity contribution >= 4 is 22.4 Å². The Hall–Kier alpha value is -2.39. The van der Waals surface area contributed by atoms with Crippen molar-refractivity contribution in [3.8, 4) is 5.75 Å². The fraction of sp³-hybridized carbons (Fsp3) is 0.421. The predicted octanol–water partition coefficient (Wildman–Crippen LogP) is 0.167. The molecule has 0 bridgehead atoms. The van der Waals surface area contributed by atoms with Crippen LogP contribution in [0.5, 0.6) is 5.75 Å². The van der Waals surface area contributed by atoms with Gasteiger partial charge in [-0.3, -0.25) is 0 Å². The van der Waals surface area contributed by atoms with E-state index >= 15 is 0 Å². The highest BCUT2D eigenvalue weighted by molar-refractivity contribution is 5.96. The molecule has 2 aromatic rings. The van der Waals surface area contributed by atoms with E-state index in [1.165, 1.54) is 5.56 Å². The van der Waals surface area contributed by atoms with Gasteiger partial charge in [-0.15, -0.1) is 0 Å². The molecule has 4 N–H and O–H groups in total. The SMILES string of the molecule is COC(=O)[C@H]1O[C@@H](Oc2cc3c(c4ccccc24)CCN3)[C@H](O)[C@@H](O)[C@@H]1O. The van der Waals surface area contributed by atoms with Gasteiger partial charge in [0.05, 0.1) is 7.11 Å². The lowest BCUT2D eigenvalue weighted by molar-refractivity contribution is -0.271. The zero-order chi connectivity index (χ0) is 19.1. The second-order valence-corrected chi connectivity index (χ2v) is 6.66. The van der Waals surface area contributed by atoms with Crippen molar-refractivity contribution in [2.75, 3.05) is 19.0 Å². The summed E-state index contributed by atoms with van der Waals surface area (Å²) in [4.78, 5) is 11.8. The molecule has 4 rings (SSSR count). The molecule has 0 amide bonds. The summed E-state index contributed by atoms with van der Waals surface area (Å²) >= 11 is 0. The predicted molar refractivity (Wildman–Crippen MR) is 95.5 cm³/mol. The Morgan fingerprint density at radius 3 is 2.63 bits per heavy atom. The van der Waals surface area contributed by atoms with Gasteiger partial charge in [0.2, 0.25) is 6.29 Å². The number of hydrogen-bond acceptors (Lipinski definition) is 8. The van der Waals surface area contributed by atoms with Crippen LogP contribution < -0.4 is 10.1 Å². The summed E-state index contributed by atoms with van der Waals surface area (Å²) in [5.41, 5.74) is 2.12. The van der Waals surface area contributed by atoms with E-state index in [0.717, 1.165) is 36.5 Å². The van der Waals surface area contributed by atoms with Crippen LogP contribution in [0.15, 0.2) is 30.3 Å². The Morgan fingerprint density at radius 2 is 1.89 bits per heavy atom. The summed E-state index contributed by atoms with van der Waals surface area (Å²) in [6.45, 7) is 0.820. The summed E-state index contributed by atoms with van der Waals surface area (Å²) in [6, 6.07) is 9.50. The molecule has 0 saturated carbocycles. The topological polar surface area (TPSA) is 117 Å². The molecule has 144 valence electrons. The largest absolute Gasteiger partial charge is 0.467 e. The van der Waals surface area contributed by atoms with Crippen molar-refractivity contribution < 1.29 is 34.3 Å². The summed E-state index contributed by atoms with van der Waals surface area (Å²) in [7, 11) is 1.14. The van der Waals surface area contributed by atoms with Crippen molar-refractivity contribution in [3.63, 3.8) is 0 Å². The van der Waals surface area contributed by atoms with Crippen LogP contribution in [-0.2, 0) is 20.7 Å². The standard InChI is InChI=1S/C19H21NO7/c1-25-18(24)17-15(22)14(21)16(23)19(27-17)26-13-8-12-10(6-7-20-12)9-4-2-3-5-11(9)13/h2-5,8,14-17,19-23H,6-7H2,1H3/t14-,15-,16+,17-,19+/m0/s1. The van der Waals surface area contributed by atoms with Crippen LogP contribution in [0.25, 0.3) is 10.8 Å². The third kappa shape index (κ3) is 3.00. The third-order valence-electron chi connectivity index (χ3n) is 5.05. The molecular formula is C19H21NO7. The minimum atomic E-state index is -1.62. The Kier molecular flexibility index (Phi) is 4.65. The molecule has 8 nitrogen and oxygen atoms in total. The lowest BCUT2D eigenvalue weighted by Gasteiger charge is -2.39. The molecule has 0 spiro atoms. The van der Waals surface area contributed by atoms with Crippen molar-refractivity contribution in [3.05, 3.63) is 35.9 Å².